The van der Waals surface area contributed by atoms with Crippen LogP contribution in [0.5, 0.6) is 0 Å². The number of thiazole rings is 1. The number of benzene rings is 1. The second-order valence-corrected chi connectivity index (χ2v) is 7.13. The Labute approximate surface area is 143 Å². The van der Waals surface area contributed by atoms with Crippen LogP contribution in [-0.4, -0.2) is 57.3 Å². The first-order valence-corrected chi connectivity index (χ1v) is 8.42. The molecule has 0 unspecified atom stereocenters. The molecule has 1 aromatic carbocycles. The number of hydrogen-bond donors (Lipinski definition) is 0. The summed E-state index contributed by atoms with van der Waals surface area (Å²) in [5, 5.41) is 0.893. The standard InChI is InChI=1S/C16H18N4O3S/c1-10(2)20-15(22)14(21)19(16(20)23)9-18(3)8-13-17-11-6-4-5-7-12(11)24-13/h4-7,10H,8-9H2,1-3H3. The summed E-state index contributed by atoms with van der Waals surface area (Å²) in [5.41, 5.74) is 0.931. The van der Waals surface area contributed by atoms with Gasteiger partial charge in [0.25, 0.3) is 0 Å². The Hall–Kier alpha value is -2.32. The van der Waals surface area contributed by atoms with Crippen molar-refractivity contribution in [2.75, 3.05) is 13.7 Å². The lowest BCUT2D eigenvalue weighted by atomic mass is 10.3. The SMILES string of the molecule is CC(C)N1C(=O)C(=O)N(CN(C)Cc2nc3ccccc3s2)C1=O. The Morgan fingerprint density at radius 2 is 1.88 bits per heavy atom. The molecule has 7 nitrogen and oxygen atoms in total. The van der Waals surface area contributed by atoms with Gasteiger partial charge in [-0.25, -0.2) is 14.7 Å². The Bertz CT molecular complexity index is 784. The van der Waals surface area contributed by atoms with E-state index in [-0.39, 0.29) is 12.7 Å². The Balaban J connectivity index is 1.70. The fraction of sp³-hybridized carbons (Fsp3) is 0.375. The van der Waals surface area contributed by atoms with Crippen molar-refractivity contribution in [3.05, 3.63) is 29.3 Å². The van der Waals surface area contributed by atoms with E-state index in [1.54, 1.807) is 37.1 Å². The fourth-order valence-corrected chi connectivity index (χ4v) is 3.66. The van der Waals surface area contributed by atoms with Crippen LogP contribution in [0.2, 0.25) is 0 Å². The van der Waals surface area contributed by atoms with Gasteiger partial charge in [0.05, 0.1) is 23.4 Å². The smallest absolute Gasteiger partial charge is 0.282 e. The molecule has 1 saturated heterocycles. The average Bonchev–Trinajstić information content (AvgIpc) is 3.01. The minimum atomic E-state index is -0.773. The first kappa shape index (κ1) is 16.5. The van der Waals surface area contributed by atoms with Crippen molar-refractivity contribution < 1.29 is 14.4 Å². The maximum absolute atomic E-state index is 12.3. The van der Waals surface area contributed by atoms with E-state index in [1.807, 2.05) is 24.3 Å². The van der Waals surface area contributed by atoms with Gasteiger partial charge in [-0.05, 0) is 33.0 Å². The van der Waals surface area contributed by atoms with E-state index in [9.17, 15) is 14.4 Å². The first-order valence-electron chi connectivity index (χ1n) is 7.60. The second-order valence-electron chi connectivity index (χ2n) is 6.02. The van der Waals surface area contributed by atoms with Crippen molar-refractivity contribution >= 4 is 39.4 Å². The van der Waals surface area contributed by atoms with Crippen LogP contribution in [0.15, 0.2) is 24.3 Å². The number of carbonyl (C=O) groups excluding carboxylic acids is 3. The molecule has 4 amide bonds. The van der Waals surface area contributed by atoms with Crippen molar-refractivity contribution in [2.45, 2.75) is 26.4 Å². The van der Waals surface area contributed by atoms with Crippen molar-refractivity contribution in [3.8, 4) is 0 Å². The summed E-state index contributed by atoms with van der Waals surface area (Å²) >= 11 is 1.57. The molecule has 3 rings (SSSR count). The third kappa shape index (κ3) is 2.90. The third-order valence-corrected chi connectivity index (χ3v) is 4.75. The van der Waals surface area contributed by atoms with E-state index >= 15 is 0 Å². The van der Waals surface area contributed by atoms with Crippen LogP contribution in [0, 0.1) is 0 Å². The molecule has 0 N–H and O–H groups in total. The van der Waals surface area contributed by atoms with E-state index in [2.05, 4.69) is 4.98 Å². The largest absolute Gasteiger partial charge is 0.335 e. The van der Waals surface area contributed by atoms with Gasteiger partial charge < -0.3 is 0 Å². The van der Waals surface area contributed by atoms with E-state index in [4.69, 9.17) is 0 Å². The van der Waals surface area contributed by atoms with Crippen molar-refractivity contribution in [2.24, 2.45) is 0 Å². The molecule has 0 radical (unpaired) electrons. The Morgan fingerprint density at radius 3 is 2.50 bits per heavy atom. The molecule has 0 atom stereocenters. The van der Waals surface area contributed by atoms with Crippen LogP contribution in [0.1, 0.15) is 18.9 Å². The lowest BCUT2D eigenvalue weighted by molar-refractivity contribution is -0.144. The van der Waals surface area contributed by atoms with Crippen LogP contribution >= 0.6 is 11.3 Å². The summed E-state index contributed by atoms with van der Waals surface area (Å²) < 4.78 is 1.09. The van der Waals surface area contributed by atoms with Crippen molar-refractivity contribution in [1.82, 2.24) is 19.7 Å². The lowest BCUT2D eigenvalue weighted by Gasteiger charge is -2.22. The zero-order valence-corrected chi connectivity index (χ0v) is 14.5. The minimum Gasteiger partial charge on any atom is -0.282 e. The number of carbonyl (C=O) groups is 3. The predicted molar refractivity (Wildman–Crippen MR) is 90.2 cm³/mol. The third-order valence-electron chi connectivity index (χ3n) is 3.73. The van der Waals surface area contributed by atoms with Crippen molar-refractivity contribution in [3.63, 3.8) is 0 Å². The zero-order chi connectivity index (χ0) is 17.4. The number of urea groups is 1. The van der Waals surface area contributed by atoms with Crippen LogP contribution in [0.4, 0.5) is 4.79 Å². The summed E-state index contributed by atoms with van der Waals surface area (Å²) in [6.45, 7) is 3.96. The zero-order valence-electron chi connectivity index (χ0n) is 13.7. The number of rotatable bonds is 5. The lowest BCUT2D eigenvalue weighted by Crippen LogP contribution is -2.41. The number of amides is 4. The summed E-state index contributed by atoms with van der Waals surface area (Å²) in [4.78, 5) is 44.5. The van der Waals surface area contributed by atoms with E-state index in [0.717, 1.165) is 25.0 Å². The molecular formula is C16H18N4O3S. The number of aromatic nitrogens is 1. The molecule has 1 aliphatic rings. The molecule has 126 valence electrons. The van der Waals surface area contributed by atoms with Gasteiger partial charge in [-0.2, -0.15) is 0 Å². The van der Waals surface area contributed by atoms with Crippen LogP contribution in [-0.2, 0) is 16.1 Å². The molecule has 0 aliphatic carbocycles. The molecule has 1 aliphatic heterocycles. The highest BCUT2D eigenvalue weighted by molar-refractivity contribution is 7.18. The second kappa shape index (κ2) is 6.29. The van der Waals surface area contributed by atoms with E-state index in [1.165, 1.54) is 0 Å². The molecule has 1 aromatic heterocycles. The molecule has 0 saturated carbocycles. The van der Waals surface area contributed by atoms with Crippen LogP contribution in [0.3, 0.4) is 0 Å². The molecule has 2 heterocycles. The molecule has 24 heavy (non-hydrogen) atoms. The highest BCUT2D eigenvalue weighted by Crippen LogP contribution is 2.23. The number of para-hydroxylation sites is 1. The van der Waals surface area contributed by atoms with E-state index < -0.39 is 17.8 Å². The maximum atomic E-state index is 12.3. The molecule has 0 bridgehead atoms. The summed E-state index contributed by atoms with van der Waals surface area (Å²) in [6.07, 6.45) is 0. The monoisotopic (exact) mass is 346 g/mol. The highest BCUT2D eigenvalue weighted by Gasteiger charge is 2.45. The number of nitrogens with zero attached hydrogens (tertiary/aromatic N) is 4. The van der Waals surface area contributed by atoms with Crippen molar-refractivity contribution in [1.29, 1.82) is 0 Å². The van der Waals surface area contributed by atoms with E-state index in [0.29, 0.717) is 6.54 Å². The van der Waals surface area contributed by atoms with Gasteiger partial charge in [0.15, 0.2) is 0 Å². The van der Waals surface area contributed by atoms with Crippen LogP contribution < -0.4 is 0 Å². The summed E-state index contributed by atoms with van der Waals surface area (Å²) in [5.74, 6) is -1.53. The van der Waals surface area contributed by atoms with Gasteiger partial charge in [-0.3, -0.25) is 19.4 Å². The van der Waals surface area contributed by atoms with Gasteiger partial charge in [0.2, 0.25) is 0 Å². The number of imide groups is 2. The normalized spacial score (nSPS) is 15.6. The fourth-order valence-electron chi connectivity index (χ4n) is 2.61. The summed E-state index contributed by atoms with van der Waals surface area (Å²) in [6, 6.07) is 6.94. The van der Waals surface area contributed by atoms with Gasteiger partial charge in [0.1, 0.15) is 5.01 Å². The Morgan fingerprint density at radius 1 is 1.17 bits per heavy atom. The molecule has 0 spiro atoms. The maximum Gasteiger partial charge on any atom is 0.335 e. The molecule has 8 heteroatoms. The predicted octanol–water partition coefficient (Wildman–Crippen LogP) is 1.88. The average molecular weight is 346 g/mol. The topological polar surface area (TPSA) is 73.8 Å². The number of hydrogen-bond acceptors (Lipinski definition) is 6. The van der Waals surface area contributed by atoms with Crippen LogP contribution in [0.25, 0.3) is 10.2 Å². The quantitative estimate of drug-likeness (QED) is 0.610. The van der Waals surface area contributed by atoms with Gasteiger partial charge in [0, 0.05) is 6.04 Å². The molecule has 1 fully saturated rings. The first-order chi connectivity index (χ1) is 11.4. The number of fused-ring (bicyclic) bond motifs is 1. The molecule has 2 aromatic rings. The summed E-state index contributed by atoms with van der Waals surface area (Å²) in [7, 11) is 1.79. The highest BCUT2D eigenvalue weighted by atomic mass is 32.1. The minimum absolute atomic E-state index is 0.0581. The van der Waals surface area contributed by atoms with Gasteiger partial charge >= 0.3 is 17.8 Å². The Kier molecular flexibility index (Phi) is 4.33. The van der Waals surface area contributed by atoms with Gasteiger partial charge in [-0.15, -0.1) is 11.3 Å². The molecular weight excluding hydrogens is 328 g/mol. The van der Waals surface area contributed by atoms with Gasteiger partial charge in [-0.1, -0.05) is 12.1 Å².